The van der Waals surface area contributed by atoms with E-state index >= 15 is 0 Å². The fourth-order valence-electron chi connectivity index (χ4n) is 28.8. The Labute approximate surface area is 642 Å². The van der Waals surface area contributed by atoms with E-state index in [0.717, 1.165) is 72.5 Å². The number of ether oxygens (including phenoxy) is 4. The Morgan fingerprint density at radius 2 is 0.881 bits per heavy atom. The second kappa shape index (κ2) is 25.8. The van der Waals surface area contributed by atoms with Crippen LogP contribution in [0.25, 0.3) is 0 Å². The number of carbonyl (C=O) groups is 6. The molecule has 16 heteroatoms. The van der Waals surface area contributed by atoms with Gasteiger partial charge in [0.2, 0.25) is 11.5 Å². The van der Waals surface area contributed by atoms with Gasteiger partial charge in [-0.05, 0) is 188 Å². The van der Waals surface area contributed by atoms with E-state index in [1.165, 1.54) is 22.8 Å². The number of aliphatic hydroxyl groups is 3. The first-order valence-electron chi connectivity index (χ1n) is 41.0. The second-order valence-electron chi connectivity index (χ2n) is 38.7. The number of benzene rings is 3. The number of rotatable bonds is 3. The van der Waals surface area contributed by atoms with Crippen LogP contribution in [-0.2, 0) is 52.8 Å². The van der Waals surface area contributed by atoms with Gasteiger partial charge >= 0.3 is 0 Å². The lowest BCUT2D eigenvalue weighted by Crippen LogP contribution is -2.51. The molecule has 578 valence electrons. The lowest BCUT2D eigenvalue weighted by molar-refractivity contribution is -0.144. The van der Waals surface area contributed by atoms with E-state index in [9.17, 15) is 44.1 Å². The molecule has 12 bridgehead atoms. The van der Waals surface area contributed by atoms with Gasteiger partial charge in [0.15, 0.2) is 29.1 Å². The number of nitrogens with one attached hydrogen (secondary N) is 3. The number of amides is 3. The Balaban J connectivity index is 0.000000119. The van der Waals surface area contributed by atoms with Gasteiger partial charge in [-0.15, -0.1) is 19.7 Å². The summed E-state index contributed by atoms with van der Waals surface area (Å²) in [5.74, 6) is 2.00. The normalized spacial score (nSPS) is 48.0. The highest BCUT2D eigenvalue weighted by Crippen LogP contribution is 2.71. The summed E-state index contributed by atoms with van der Waals surface area (Å²) in [6.07, 6.45) is 19.7. The number of allylic oxidation sites excluding steroid dienone is 9. The maximum atomic E-state index is 14.6. The molecule has 3 saturated heterocycles. The van der Waals surface area contributed by atoms with Crippen LogP contribution in [0.5, 0.6) is 17.2 Å². The zero-order valence-electron chi connectivity index (χ0n) is 65.6. The average molecular weight is 1480 g/mol. The van der Waals surface area contributed by atoms with Crippen LogP contribution in [0, 0.1) is 146 Å². The first kappa shape index (κ1) is 74.3. The highest BCUT2D eigenvalue weighted by molar-refractivity contribution is 6.22. The van der Waals surface area contributed by atoms with Gasteiger partial charge in [0.25, 0.3) is 11.8 Å². The van der Waals surface area contributed by atoms with Crippen LogP contribution in [0.2, 0.25) is 0 Å². The Kier molecular flexibility index (Phi) is 17.6. The van der Waals surface area contributed by atoms with Gasteiger partial charge in [-0.1, -0.05) is 152 Å². The summed E-state index contributed by atoms with van der Waals surface area (Å²) >= 11 is 0. The van der Waals surface area contributed by atoms with E-state index in [-0.39, 0.29) is 148 Å². The zero-order valence-corrected chi connectivity index (χ0v) is 65.6. The topological polar surface area (TPSA) is 239 Å². The largest absolute Gasteiger partial charge is 0.490 e. The molecule has 22 rings (SSSR count). The van der Waals surface area contributed by atoms with E-state index in [1.54, 1.807) is 0 Å². The van der Waals surface area contributed by atoms with Crippen LogP contribution in [0.15, 0.2) is 157 Å². The molecular weight excluding hydrogens is 1370 g/mol. The van der Waals surface area contributed by atoms with Gasteiger partial charge in [-0.2, -0.15) is 0 Å². The van der Waals surface area contributed by atoms with E-state index in [2.05, 4.69) is 137 Å². The fourth-order valence-corrected chi connectivity index (χ4v) is 28.8. The van der Waals surface area contributed by atoms with Gasteiger partial charge in [0.05, 0.1) is 5.57 Å². The minimum atomic E-state index is -1.64. The number of hydrogen-bond donors (Lipinski definition) is 6. The van der Waals surface area contributed by atoms with Crippen LogP contribution in [0.4, 0.5) is 0 Å². The zero-order chi connectivity index (χ0) is 77.2. The van der Waals surface area contributed by atoms with Crippen LogP contribution in [-0.4, -0.2) is 97.6 Å². The monoisotopic (exact) mass is 1480 g/mol. The molecule has 16 nitrogen and oxygen atoms in total. The van der Waals surface area contributed by atoms with Crippen molar-refractivity contribution in [3.05, 3.63) is 174 Å². The molecule has 19 aliphatic rings. The third-order valence-corrected chi connectivity index (χ3v) is 31.3. The molecule has 10 aliphatic heterocycles. The van der Waals surface area contributed by atoms with Crippen molar-refractivity contribution < 1.29 is 63.0 Å². The molecule has 6 N–H and O–H groups in total. The summed E-state index contributed by atoms with van der Waals surface area (Å²) in [6.45, 7) is 40.2. The van der Waals surface area contributed by atoms with Gasteiger partial charge < -0.3 is 50.2 Å². The lowest BCUT2D eigenvalue weighted by atomic mass is 9.55. The van der Waals surface area contributed by atoms with Gasteiger partial charge in [-0.25, -0.2) is 0 Å². The molecule has 109 heavy (non-hydrogen) atoms. The first-order valence-corrected chi connectivity index (χ1v) is 41.0. The number of carbonyl (C=O) groups excluding carboxylic acids is 6. The van der Waals surface area contributed by atoms with Crippen molar-refractivity contribution in [3.8, 4) is 17.2 Å². The molecule has 3 aromatic carbocycles. The smallest absolute Gasteiger partial charge is 0.265 e. The molecule has 10 heterocycles. The second-order valence-corrected chi connectivity index (χ2v) is 38.7. The lowest BCUT2D eigenvalue weighted by Gasteiger charge is -2.48. The molecule has 0 unspecified atom stereocenters. The quantitative estimate of drug-likeness (QED) is 0.0620. The molecule has 6 saturated carbocycles. The predicted octanol–water partition coefficient (Wildman–Crippen LogP) is 13.1. The van der Waals surface area contributed by atoms with Crippen molar-refractivity contribution in [2.24, 2.45) is 146 Å². The SMILES string of the molecule is C=C[C@@H]1C=C(C)[C@H]2[C@@H]3[C@H](Oc4ccc(cc4)C[C@@]4(O)C=C(C(=O)N4)C(=O)[C@@H]13)[C@@H]1[C@@H](C)C[C@@H](C)C[C@]12C.C=C[C@@H]1C=C(C)[C@H]2[C@@H]3[C@H](Oc4ccc(cc4)C[C@@]4(O)C[C@H](C(=O)N4)C(=O)[C@@H]13)[C@@H]1[C@@H](C)C[C@@H](C)C[C@]12C.C=C[C@@H]1C=C(C)[C@H]2[C@@H]3[C@H](Oc4ccc(cc4)C[C@]4(O)NC(=O)[C@]5(O[C@H]54)C(=O)[C@@H]13)[C@@H]1[C@@H](C)C[C@@H](C)C[C@]12C. The van der Waals surface area contributed by atoms with Gasteiger partial charge in [0, 0.05) is 96.7 Å². The van der Waals surface area contributed by atoms with E-state index in [0.29, 0.717) is 47.3 Å². The van der Waals surface area contributed by atoms with Crippen LogP contribution in [0.3, 0.4) is 0 Å². The molecule has 33 atom stereocenters. The van der Waals surface area contributed by atoms with Crippen molar-refractivity contribution in [3.63, 3.8) is 0 Å². The highest BCUT2D eigenvalue weighted by atomic mass is 16.6. The minimum absolute atomic E-state index is 0.00729. The first-order chi connectivity index (χ1) is 51.6. The van der Waals surface area contributed by atoms with E-state index < -0.39 is 64.4 Å². The molecule has 0 radical (unpaired) electrons. The molecular formula is C93H113N3O13. The number of morpholine rings is 1. The van der Waals surface area contributed by atoms with Crippen molar-refractivity contribution in [1.29, 1.82) is 0 Å². The summed E-state index contributed by atoms with van der Waals surface area (Å²) in [6, 6.07) is 23.5. The van der Waals surface area contributed by atoms with E-state index in [4.69, 9.17) is 18.9 Å². The van der Waals surface area contributed by atoms with Crippen molar-refractivity contribution in [2.75, 3.05) is 0 Å². The average Bonchev–Trinajstić information content (AvgIpc) is 1.54. The van der Waals surface area contributed by atoms with E-state index in [1.807, 2.05) is 91.0 Å². The number of epoxide rings is 1. The number of fused-ring (bicyclic) bond motifs is 12. The summed E-state index contributed by atoms with van der Waals surface area (Å²) in [4.78, 5) is 82.9. The molecule has 9 aliphatic carbocycles. The molecule has 0 aromatic heterocycles. The standard InChI is InChI=1S/C31H37NO5.C31H39NO4.C31H37NO4/c1-6-19-12-17(4)23-22-21(19)26(33)31-27(37-31)30(35,32-28(31)34)14-18-7-9-20(10-8-18)36-25(22)24-16(3)11-15(2)13-29(23,24)5;2*1-6-20-12-18(4)25-24-23(20)27(33)22-15-31(35,32-29(22)34)14-19-7-9-21(10-8-19)36-28(24)26-17(3)11-16(2)13-30(25,26)5/h6-10,12,15-16,19,21-25,27,35H,1,11,13-14H2,2-5H3,(H,32,34);6-10,12,16-17,20,22-26,28,35H,1,11,13-15H2,2-5H3,(H,32,34);6-10,12,15-17,20,23-26,28,35H,1,11,13-14H2,2-5H3,(H,32,34)/t15-,16+,19-,21+,22-,23+,24+,25+,27+,29+,30-,31+;16-,17+,20-,22+,23+,24-,25+,26+,28+,30+,31-;16-,17+,20-,23+,24-,25+,26+,28+,30+,31-/m111/s1. The fraction of sp³-hybridized carbons (Fsp3) is 0.591. The minimum Gasteiger partial charge on any atom is -0.490 e. The van der Waals surface area contributed by atoms with Crippen molar-refractivity contribution >= 4 is 35.1 Å². The van der Waals surface area contributed by atoms with Crippen LogP contribution < -0.4 is 30.2 Å². The Bertz CT molecular complexity index is 4460. The molecule has 0 spiro atoms. The third-order valence-electron chi connectivity index (χ3n) is 31.3. The summed E-state index contributed by atoms with van der Waals surface area (Å²) in [5.41, 5.74) is 0.292. The molecule has 9 fully saturated rings. The number of hydrogen-bond acceptors (Lipinski definition) is 13. The Hall–Kier alpha value is -7.50. The highest BCUT2D eigenvalue weighted by Gasteiger charge is 2.83. The Morgan fingerprint density at radius 3 is 1.31 bits per heavy atom. The van der Waals surface area contributed by atoms with Crippen LogP contribution >= 0.6 is 0 Å². The van der Waals surface area contributed by atoms with Crippen molar-refractivity contribution in [2.45, 2.75) is 194 Å². The number of ketones is 3. The summed E-state index contributed by atoms with van der Waals surface area (Å²) in [5, 5.41) is 42.2. The van der Waals surface area contributed by atoms with Gasteiger partial charge in [-0.3, -0.25) is 28.8 Å². The van der Waals surface area contributed by atoms with Crippen LogP contribution in [0.1, 0.15) is 145 Å². The van der Waals surface area contributed by atoms with Gasteiger partial charge in [0.1, 0.15) is 53.0 Å². The maximum absolute atomic E-state index is 14.6. The number of Topliss-reactive ketones (excluding diaryl/α,β-unsaturated/α-hetero) is 3. The van der Waals surface area contributed by atoms with Crippen molar-refractivity contribution in [1.82, 2.24) is 16.0 Å². The summed E-state index contributed by atoms with van der Waals surface area (Å²) in [7, 11) is 0. The maximum Gasteiger partial charge on any atom is 0.265 e. The predicted molar refractivity (Wildman–Crippen MR) is 413 cm³/mol. The molecule has 3 amide bonds. The molecule has 3 aromatic rings. The summed E-state index contributed by atoms with van der Waals surface area (Å²) < 4.78 is 26.7. The third kappa shape index (κ3) is 11.2. The Morgan fingerprint density at radius 1 is 0.486 bits per heavy atom.